The van der Waals surface area contributed by atoms with E-state index in [0.29, 0.717) is 11.4 Å². The summed E-state index contributed by atoms with van der Waals surface area (Å²) in [4.78, 5) is 15.1. The van der Waals surface area contributed by atoms with E-state index in [0.717, 1.165) is 0 Å². The van der Waals surface area contributed by atoms with E-state index in [4.69, 9.17) is 10.3 Å². The zero-order chi connectivity index (χ0) is 15.6. The van der Waals surface area contributed by atoms with Crippen LogP contribution in [0, 0.1) is 5.82 Å². The van der Waals surface area contributed by atoms with Crippen molar-refractivity contribution in [2.75, 3.05) is 5.32 Å². The van der Waals surface area contributed by atoms with Crippen LogP contribution in [0.2, 0.25) is 0 Å². The van der Waals surface area contributed by atoms with E-state index in [-0.39, 0.29) is 12.0 Å². The molecular formula is C15H11FN4O2. The molecule has 0 radical (unpaired) electrons. The first kappa shape index (κ1) is 13.9. The molecular weight excluding hydrogens is 287 g/mol. The van der Waals surface area contributed by atoms with E-state index in [1.165, 1.54) is 18.2 Å². The fourth-order valence-electron chi connectivity index (χ4n) is 2.30. The maximum atomic E-state index is 13.9. The number of carbonyl (C=O) groups is 1. The van der Waals surface area contributed by atoms with Crippen molar-refractivity contribution in [3.8, 4) is 5.75 Å². The topological polar surface area (TPSA) is 87.1 Å². The monoisotopic (exact) mass is 298 g/mol. The van der Waals surface area contributed by atoms with Crippen molar-refractivity contribution < 1.29 is 13.9 Å². The van der Waals surface area contributed by atoms with Crippen LogP contribution in [0.3, 0.4) is 0 Å². The summed E-state index contributed by atoms with van der Waals surface area (Å²) in [7, 11) is 0. The van der Waals surface area contributed by atoms with Crippen molar-refractivity contribution in [1.82, 2.24) is 0 Å². The number of azide groups is 1. The summed E-state index contributed by atoms with van der Waals surface area (Å²) in [6.45, 7) is 0. The molecule has 0 saturated heterocycles. The number of nitrogens with zero attached hydrogens (tertiary/aromatic N) is 3. The SMILES string of the molecule is [N-]=[N+]=NC1(Cc2ccccc2F)Oc2ccccc2NC1=O. The van der Waals surface area contributed by atoms with Crippen LogP contribution in [0.5, 0.6) is 5.75 Å². The standard InChI is InChI=1S/C15H11FN4O2/c16-11-6-2-1-5-10(11)9-15(19-20-17)14(21)18-12-7-3-4-8-13(12)22-15/h1-8H,9H2,(H,18,21). The van der Waals surface area contributed by atoms with Crippen LogP contribution in [0.25, 0.3) is 10.4 Å². The molecule has 0 saturated carbocycles. The van der Waals surface area contributed by atoms with Crippen molar-refractivity contribution in [2.24, 2.45) is 5.11 Å². The molecule has 0 bridgehead atoms. The lowest BCUT2D eigenvalue weighted by Gasteiger charge is -2.33. The second-order valence-corrected chi connectivity index (χ2v) is 4.79. The highest BCUT2D eigenvalue weighted by Crippen LogP contribution is 2.36. The first-order valence-electron chi connectivity index (χ1n) is 6.54. The van der Waals surface area contributed by atoms with Gasteiger partial charge in [-0.05, 0) is 34.4 Å². The van der Waals surface area contributed by atoms with Gasteiger partial charge in [0.2, 0.25) is 0 Å². The average molecular weight is 298 g/mol. The van der Waals surface area contributed by atoms with Gasteiger partial charge in [-0.25, -0.2) is 4.39 Å². The Labute approximate surface area is 125 Å². The van der Waals surface area contributed by atoms with Crippen molar-refractivity contribution in [2.45, 2.75) is 12.1 Å². The first-order chi connectivity index (χ1) is 10.6. The first-order valence-corrected chi connectivity index (χ1v) is 6.54. The normalized spacial score (nSPS) is 19.4. The van der Waals surface area contributed by atoms with Crippen LogP contribution in [0.15, 0.2) is 53.6 Å². The van der Waals surface area contributed by atoms with Crippen LogP contribution in [-0.4, -0.2) is 11.6 Å². The zero-order valence-electron chi connectivity index (χ0n) is 11.4. The molecule has 110 valence electrons. The van der Waals surface area contributed by atoms with E-state index in [1.807, 2.05) is 0 Å². The smallest absolute Gasteiger partial charge is 0.275 e. The minimum Gasteiger partial charge on any atom is -0.469 e. The highest BCUT2D eigenvalue weighted by Gasteiger charge is 2.44. The quantitative estimate of drug-likeness (QED) is 0.534. The number of halogens is 1. The van der Waals surface area contributed by atoms with E-state index < -0.39 is 17.4 Å². The van der Waals surface area contributed by atoms with Gasteiger partial charge in [-0.2, -0.15) is 0 Å². The lowest BCUT2D eigenvalue weighted by atomic mass is 10.00. The Hall–Kier alpha value is -3.05. The Morgan fingerprint density at radius 1 is 1.23 bits per heavy atom. The van der Waals surface area contributed by atoms with Crippen molar-refractivity contribution in [3.63, 3.8) is 0 Å². The molecule has 1 aliphatic rings. The maximum absolute atomic E-state index is 13.9. The van der Waals surface area contributed by atoms with Gasteiger partial charge >= 0.3 is 0 Å². The lowest BCUT2D eigenvalue weighted by molar-refractivity contribution is -0.132. The summed E-state index contributed by atoms with van der Waals surface area (Å²) >= 11 is 0. The van der Waals surface area contributed by atoms with Gasteiger partial charge in [-0.15, -0.1) is 0 Å². The number of benzene rings is 2. The van der Waals surface area contributed by atoms with E-state index in [1.54, 1.807) is 30.3 Å². The third kappa shape index (κ3) is 2.34. The summed E-state index contributed by atoms with van der Waals surface area (Å²) in [5.41, 5.74) is 7.65. The van der Waals surface area contributed by atoms with Gasteiger partial charge in [-0.3, -0.25) is 4.79 Å². The Morgan fingerprint density at radius 3 is 2.73 bits per heavy atom. The molecule has 22 heavy (non-hydrogen) atoms. The zero-order valence-corrected chi connectivity index (χ0v) is 11.4. The molecule has 0 aliphatic carbocycles. The number of hydrogen-bond acceptors (Lipinski definition) is 3. The number of nitrogens with one attached hydrogen (secondary N) is 1. The van der Waals surface area contributed by atoms with Crippen LogP contribution in [-0.2, 0) is 11.2 Å². The molecule has 2 aromatic carbocycles. The minimum absolute atomic E-state index is 0.204. The van der Waals surface area contributed by atoms with Crippen LogP contribution >= 0.6 is 0 Å². The highest BCUT2D eigenvalue weighted by atomic mass is 19.1. The fourth-order valence-corrected chi connectivity index (χ4v) is 2.30. The van der Waals surface area contributed by atoms with Gasteiger partial charge in [0.05, 0.1) is 5.69 Å². The number of carbonyl (C=O) groups excluding carboxylic acids is 1. The molecule has 1 aliphatic heterocycles. The predicted octanol–water partition coefficient (Wildman–Crippen LogP) is 3.41. The summed E-state index contributed by atoms with van der Waals surface area (Å²) in [6.07, 6.45) is -0.204. The van der Waals surface area contributed by atoms with Gasteiger partial charge in [0.25, 0.3) is 11.6 Å². The van der Waals surface area contributed by atoms with Gasteiger partial charge in [-0.1, -0.05) is 30.3 Å². The number of amides is 1. The van der Waals surface area contributed by atoms with Crippen LogP contribution in [0.4, 0.5) is 10.1 Å². The third-order valence-electron chi connectivity index (χ3n) is 3.36. The van der Waals surface area contributed by atoms with Gasteiger partial charge in [0.15, 0.2) is 0 Å². The summed E-state index contributed by atoms with van der Waals surface area (Å²) in [5, 5.41) is 6.14. The van der Waals surface area contributed by atoms with Crippen LogP contribution in [0.1, 0.15) is 5.56 Å². The molecule has 1 atom stereocenters. The number of anilines is 1. The van der Waals surface area contributed by atoms with Gasteiger partial charge < -0.3 is 10.1 Å². The van der Waals surface area contributed by atoms with Gasteiger partial charge in [0, 0.05) is 11.3 Å². The number of para-hydroxylation sites is 2. The van der Waals surface area contributed by atoms with Crippen molar-refractivity contribution in [1.29, 1.82) is 0 Å². The Kier molecular flexibility index (Phi) is 3.40. The molecule has 1 heterocycles. The highest BCUT2D eigenvalue weighted by molar-refractivity contribution is 6.00. The number of hydrogen-bond donors (Lipinski definition) is 1. The summed E-state index contributed by atoms with van der Waals surface area (Å²) < 4.78 is 19.5. The Bertz CT molecular complexity index is 789. The Morgan fingerprint density at radius 2 is 1.95 bits per heavy atom. The molecule has 1 unspecified atom stereocenters. The molecule has 2 aromatic rings. The van der Waals surface area contributed by atoms with E-state index >= 15 is 0 Å². The van der Waals surface area contributed by atoms with E-state index in [2.05, 4.69) is 15.3 Å². The molecule has 3 rings (SSSR count). The van der Waals surface area contributed by atoms with E-state index in [9.17, 15) is 9.18 Å². The number of ether oxygens (including phenoxy) is 1. The molecule has 7 heteroatoms. The molecule has 1 N–H and O–H groups in total. The number of fused-ring (bicyclic) bond motifs is 1. The molecule has 0 spiro atoms. The maximum Gasteiger partial charge on any atom is 0.275 e. The lowest BCUT2D eigenvalue weighted by Crippen LogP contribution is -2.50. The number of rotatable bonds is 3. The summed E-state index contributed by atoms with van der Waals surface area (Å²) in [6, 6.07) is 12.7. The average Bonchev–Trinajstić information content (AvgIpc) is 2.51. The molecule has 1 amide bonds. The van der Waals surface area contributed by atoms with Crippen molar-refractivity contribution in [3.05, 3.63) is 70.4 Å². The van der Waals surface area contributed by atoms with Gasteiger partial charge in [0.1, 0.15) is 11.6 Å². The third-order valence-corrected chi connectivity index (χ3v) is 3.36. The Balaban J connectivity index is 2.04. The van der Waals surface area contributed by atoms with Crippen LogP contribution < -0.4 is 10.1 Å². The largest absolute Gasteiger partial charge is 0.469 e. The van der Waals surface area contributed by atoms with Crippen molar-refractivity contribution >= 4 is 11.6 Å². The minimum atomic E-state index is -1.86. The molecule has 6 nitrogen and oxygen atoms in total. The summed E-state index contributed by atoms with van der Waals surface area (Å²) in [5.74, 6) is -0.761. The molecule has 0 aromatic heterocycles. The second kappa shape index (κ2) is 5.38. The molecule has 0 fully saturated rings. The fraction of sp³-hybridized carbons (Fsp3) is 0.133. The predicted molar refractivity (Wildman–Crippen MR) is 77.7 cm³/mol. The second-order valence-electron chi connectivity index (χ2n) is 4.79.